The summed E-state index contributed by atoms with van der Waals surface area (Å²) in [5.74, 6) is 1.34. The standard InChI is InChI=1S/C18H19N/c1-3-7-15-13(5-1)11-14-6-2-4-8-16(14)18-12-19-10-9-17(15)18/h1-8,17-19H,9-12H2. The Kier molecular flexibility index (Phi) is 2.66. The molecule has 1 fully saturated rings. The van der Waals surface area contributed by atoms with E-state index >= 15 is 0 Å². The Labute approximate surface area is 114 Å². The highest BCUT2D eigenvalue weighted by atomic mass is 14.9. The van der Waals surface area contributed by atoms with Crippen LogP contribution in [0.5, 0.6) is 0 Å². The fourth-order valence-electron chi connectivity index (χ4n) is 3.88. The molecule has 4 rings (SSSR count). The van der Waals surface area contributed by atoms with E-state index in [4.69, 9.17) is 0 Å². The van der Waals surface area contributed by atoms with Crippen molar-refractivity contribution in [3.05, 3.63) is 70.8 Å². The predicted octanol–water partition coefficient (Wildman–Crippen LogP) is 3.45. The van der Waals surface area contributed by atoms with Crippen LogP contribution >= 0.6 is 0 Å². The van der Waals surface area contributed by atoms with Crippen LogP contribution in [0.3, 0.4) is 0 Å². The summed E-state index contributed by atoms with van der Waals surface area (Å²) in [6.07, 6.45) is 2.36. The van der Waals surface area contributed by atoms with E-state index in [1.807, 2.05) is 0 Å². The molecule has 1 aliphatic heterocycles. The SMILES string of the molecule is c1ccc2c(c1)Cc1ccccc1C1CNCCC21. The molecule has 1 heteroatoms. The van der Waals surface area contributed by atoms with Gasteiger partial charge in [0, 0.05) is 12.5 Å². The molecule has 2 atom stereocenters. The van der Waals surface area contributed by atoms with E-state index < -0.39 is 0 Å². The second-order valence-electron chi connectivity index (χ2n) is 5.78. The van der Waals surface area contributed by atoms with Gasteiger partial charge in [0.05, 0.1) is 0 Å². The second-order valence-corrected chi connectivity index (χ2v) is 5.78. The molecular weight excluding hydrogens is 230 g/mol. The van der Waals surface area contributed by atoms with Gasteiger partial charge >= 0.3 is 0 Å². The van der Waals surface area contributed by atoms with Crippen LogP contribution in [-0.4, -0.2) is 13.1 Å². The van der Waals surface area contributed by atoms with E-state index in [0.29, 0.717) is 11.8 Å². The van der Waals surface area contributed by atoms with Gasteiger partial charge in [-0.05, 0) is 47.6 Å². The summed E-state index contributed by atoms with van der Waals surface area (Å²) in [6.45, 7) is 2.27. The average molecular weight is 249 g/mol. The van der Waals surface area contributed by atoms with E-state index in [2.05, 4.69) is 53.8 Å². The first kappa shape index (κ1) is 11.2. The van der Waals surface area contributed by atoms with Crippen molar-refractivity contribution >= 4 is 0 Å². The Morgan fingerprint density at radius 2 is 1.42 bits per heavy atom. The third kappa shape index (κ3) is 1.81. The van der Waals surface area contributed by atoms with Crippen LogP contribution in [0.25, 0.3) is 0 Å². The lowest BCUT2D eigenvalue weighted by Gasteiger charge is -2.33. The molecule has 0 saturated carbocycles. The molecule has 1 nitrogen and oxygen atoms in total. The Balaban J connectivity index is 1.92. The van der Waals surface area contributed by atoms with Gasteiger partial charge in [0.2, 0.25) is 0 Å². The lowest BCUT2D eigenvalue weighted by atomic mass is 9.77. The van der Waals surface area contributed by atoms with Gasteiger partial charge < -0.3 is 5.32 Å². The first-order valence-corrected chi connectivity index (χ1v) is 7.30. The van der Waals surface area contributed by atoms with Crippen molar-refractivity contribution in [1.82, 2.24) is 5.32 Å². The Morgan fingerprint density at radius 1 is 0.789 bits per heavy atom. The summed E-state index contributed by atoms with van der Waals surface area (Å²) in [5, 5.41) is 3.58. The van der Waals surface area contributed by atoms with Crippen molar-refractivity contribution < 1.29 is 0 Å². The lowest BCUT2D eigenvalue weighted by Crippen LogP contribution is -2.34. The van der Waals surface area contributed by atoms with Crippen LogP contribution in [0.1, 0.15) is 40.5 Å². The van der Waals surface area contributed by atoms with Gasteiger partial charge in [-0.1, -0.05) is 48.5 Å². The first-order valence-electron chi connectivity index (χ1n) is 7.30. The highest BCUT2D eigenvalue weighted by molar-refractivity contribution is 5.45. The van der Waals surface area contributed by atoms with Gasteiger partial charge in [-0.2, -0.15) is 0 Å². The fraction of sp³-hybridized carbons (Fsp3) is 0.333. The third-order valence-electron chi connectivity index (χ3n) is 4.77. The van der Waals surface area contributed by atoms with Crippen LogP contribution < -0.4 is 5.32 Å². The molecule has 0 amide bonds. The van der Waals surface area contributed by atoms with Gasteiger partial charge in [-0.25, -0.2) is 0 Å². The Hall–Kier alpha value is -1.60. The first-order chi connectivity index (χ1) is 9.43. The summed E-state index contributed by atoms with van der Waals surface area (Å²) in [7, 11) is 0. The molecule has 96 valence electrons. The van der Waals surface area contributed by atoms with Gasteiger partial charge in [0.25, 0.3) is 0 Å². The van der Waals surface area contributed by atoms with Crippen molar-refractivity contribution in [2.24, 2.45) is 0 Å². The van der Waals surface area contributed by atoms with Crippen LogP contribution in [0.15, 0.2) is 48.5 Å². The molecule has 2 aliphatic rings. The average Bonchev–Trinajstić information content (AvgIpc) is 2.62. The molecule has 1 N–H and O–H groups in total. The zero-order valence-corrected chi connectivity index (χ0v) is 11.1. The highest BCUT2D eigenvalue weighted by Crippen LogP contribution is 2.43. The third-order valence-corrected chi connectivity index (χ3v) is 4.77. The Morgan fingerprint density at radius 3 is 2.16 bits per heavy atom. The largest absolute Gasteiger partial charge is 0.316 e. The summed E-state index contributed by atoms with van der Waals surface area (Å²) >= 11 is 0. The van der Waals surface area contributed by atoms with Crippen LogP contribution in [0.2, 0.25) is 0 Å². The molecule has 0 spiro atoms. The molecule has 1 saturated heterocycles. The number of hydrogen-bond donors (Lipinski definition) is 1. The van der Waals surface area contributed by atoms with Crippen LogP contribution in [0.4, 0.5) is 0 Å². The quantitative estimate of drug-likeness (QED) is 0.754. The molecule has 2 aromatic carbocycles. The van der Waals surface area contributed by atoms with Crippen molar-refractivity contribution in [3.8, 4) is 0 Å². The van der Waals surface area contributed by atoms with E-state index in [9.17, 15) is 0 Å². The molecule has 2 unspecified atom stereocenters. The number of piperidine rings is 1. The molecule has 1 aliphatic carbocycles. The number of fused-ring (bicyclic) bond motifs is 5. The second kappa shape index (κ2) is 4.50. The topological polar surface area (TPSA) is 12.0 Å². The highest BCUT2D eigenvalue weighted by Gasteiger charge is 2.32. The molecule has 1 heterocycles. The van der Waals surface area contributed by atoms with Crippen molar-refractivity contribution in [1.29, 1.82) is 0 Å². The van der Waals surface area contributed by atoms with Crippen LogP contribution in [0, 0.1) is 0 Å². The number of rotatable bonds is 0. The molecular formula is C18H19N. The monoisotopic (exact) mass is 249 g/mol. The van der Waals surface area contributed by atoms with Gasteiger partial charge in [-0.15, -0.1) is 0 Å². The maximum Gasteiger partial charge on any atom is 0.00356 e. The van der Waals surface area contributed by atoms with Gasteiger partial charge in [0.15, 0.2) is 0 Å². The molecule has 2 aromatic rings. The summed E-state index contributed by atoms with van der Waals surface area (Å²) in [5.41, 5.74) is 6.21. The fourth-order valence-corrected chi connectivity index (χ4v) is 3.88. The minimum Gasteiger partial charge on any atom is -0.316 e. The van der Waals surface area contributed by atoms with Crippen molar-refractivity contribution in [2.75, 3.05) is 13.1 Å². The molecule has 0 radical (unpaired) electrons. The molecule has 0 aromatic heterocycles. The number of nitrogens with one attached hydrogen (secondary N) is 1. The van der Waals surface area contributed by atoms with E-state index in [0.717, 1.165) is 19.5 Å². The minimum atomic E-state index is 0.647. The van der Waals surface area contributed by atoms with Crippen molar-refractivity contribution in [2.45, 2.75) is 24.7 Å². The number of hydrogen-bond acceptors (Lipinski definition) is 1. The molecule has 0 bridgehead atoms. The van der Waals surface area contributed by atoms with Gasteiger partial charge in [-0.3, -0.25) is 0 Å². The number of benzene rings is 2. The van der Waals surface area contributed by atoms with Crippen molar-refractivity contribution in [3.63, 3.8) is 0 Å². The molecule has 19 heavy (non-hydrogen) atoms. The summed E-state index contributed by atoms with van der Waals surface area (Å²) < 4.78 is 0. The normalized spacial score (nSPS) is 24.8. The lowest BCUT2D eigenvalue weighted by molar-refractivity contribution is 0.405. The zero-order chi connectivity index (χ0) is 12.7. The summed E-state index contributed by atoms with van der Waals surface area (Å²) in [6, 6.07) is 18.1. The predicted molar refractivity (Wildman–Crippen MR) is 78.7 cm³/mol. The van der Waals surface area contributed by atoms with E-state index in [-0.39, 0.29) is 0 Å². The van der Waals surface area contributed by atoms with Gasteiger partial charge in [0.1, 0.15) is 0 Å². The van der Waals surface area contributed by atoms with E-state index in [1.54, 1.807) is 11.1 Å². The van der Waals surface area contributed by atoms with E-state index in [1.165, 1.54) is 17.5 Å². The minimum absolute atomic E-state index is 0.647. The smallest absolute Gasteiger partial charge is 0.00356 e. The van der Waals surface area contributed by atoms with Crippen LogP contribution in [-0.2, 0) is 6.42 Å². The zero-order valence-electron chi connectivity index (χ0n) is 11.1. The summed E-state index contributed by atoms with van der Waals surface area (Å²) in [4.78, 5) is 0. The maximum atomic E-state index is 3.58. The Bertz CT molecular complexity index is 549. The maximum absolute atomic E-state index is 3.58.